The van der Waals surface area contributed by atoms with E-state index in [9.17, 15) is 5.11 Å². The highest BCUT2D eigenvalue weighted by Gasteiger charge is 2.19. The van der Waals surface area contributed by atoms with Gasteiger partial charge in [-0.3, -0.25) is 0 Å². The number of benzene rings is 1. The van der Waals surface area contributed by atoms with Crippen LogP contribution in [0.3, 0.4) is 0 Å². The van der Waals surface area contributed by atoms with Crippen molar-refractivity contribution in [3.8, 4) is 0 Å². The molecular weight excluding hydrogens is 200 g/mol. The first-order valence-corrected chi connectivity index (χ1v) is 6.00. The zero-order chi connectivity index (χ0) is 11.4. The first kappa shape index (κ1) is 11.4. The van der Waals surface area contributed by atoms with Gasteiger partial charge in [-0.1, -0.05) is 18.2 Å². The largest absolute Gasteiger partial charge is 0.392 e. The molecule has 2 unspecified atom stereocenters. The van der Waals surface area contributed by atoms with Gasteiger partial charge in [0.1, 0.15) is 0 Å². The molecule has 3 nitrogen and oxygen atoms in total. The van der Waals surface area contributed by atoms with Crippen LogP contribution < -0.4 is 11.1 Å². The fourth-order valence-corrected chi connectivity index (χ4v) is 2.38. The van der Waals surface area contributed by atoms with E-state index in [1.807, 2.05) is 24.3 Å². The normalized spacial score (nSPS) is 25.4. The van der Waals surface area contributed by atoms with E-state index in [0.717, 1.165) is 24.1 Å². The zero-order valence-corrected chi connectivity index (χ0v) is 9.52. The second-order valence-electron chi connectivity index (χ2n) is 4.58. The summed E-state index contributed by atoms with van der Waals surface area (Å²) in [5.41, 5.74) is 7.97. The molecule has 0 saturated heterocycles. The van der Waals surface area contributed by atoms with Crippen LogP contribution in [-0.2, 0) is 6.61 Å². The number of hydrogen-bond acceptors (Lipinski definition) is 3. The fourth-order valence-electron chi connectivity index (χ4n) is 2.38. The summed E-state index contributed by atoms with van der Waals surface area (Å²) in [6, 6.07) is 8.69. The van der Waals surface area contributed by atoms with E-state index < -0.39 is 0 Å². The Kier molecular flexibility index (Phi) is 3.80. The summed E-state index contributed by atoms with van der Waals surface area (Å²) in [4.78, 5) is 0. The van der Waals surface area contributed by atoms with Crippen molar-refractivity contribution in [3.05, 3.63) is 29.8 Å². The summed E-state index contributed by atoms with van der Waals surface area (Å²) in [7, 11) is 0. The van der Waals surface area contributed by atoms with Gasteiger partial charge in [-0.25, -0.2) is 0 Å². The van der Waals surface area contributed by atoms with E-state index in [-0.39, 0.29) is 6.61 Å². The molecule has 3 heteroatoms. The summed E-state index contributed by atoms with van der Waals surface area (Å²) < 4.78 is 0. The molecule has 0 heterocycles. The van der Waals surface area contributed by atoms with Crippen LogP contribution in [0.5, 0.6) is 0 Å². The van der Waals surface area contributed by atoms with Gasteiger partial charge in [0.2, 0.25) is 0 Å². The molecule has 0 aromatic heterocycles. The molecule has 1 aliphatic carbocycles. The minimum atomic E-state index is 0.0853. The molecule has 0 spiro atoms. The Bertz CT molecular complexity index is 340. The average Bonchev–Trinajstić information content (AvgIpc) is 2.30. The third-order valence-electron chi connectivity index (χ3n) is 3.26. The molecular formula is C13H20N2O. The van der Waals surface area contributed by atoms with Gasteiger partial charge in [-0.05, 0) is 31.7 Å². The number of hydrogen-bond donors (Lipinski definition) is 3. The van der Waals surface area contributed by atoms with Gasteiger partial charge in [0.25, 0.3) is 0 Å². The Labute approximate surface area is 96.7 Å². The fraction of sp³-hybridized carbons (Fsp3) is 0.538. The summed E-state index contributed by atoms with van der Waals surface area (Å²) in [6.45, 7) is 0.0853. The lowest BCUT2D eigenvalue weighted by atomic mass is 9.91. The molecule has 0 amide bonds. The lowest BCUT2D eigenvalue weighted by Crippen LogP contribution is -2.35. The Hall–Kier alpha value is -1.06. The number of aliphatic hydroxyl groups is 1. The topological polar surface area (TPSA) is 58.3 Å². The van der Waals surface area contributed by atoms with Crippen molar-refractivity contribution < 1.29 is 5.11 Å². The van der Waals surface area contributed by atoms with Gasteiger partial charge in [0, 0.05) is 23.3 Å². The lowest BCUT2D eigenvalue weighted by molar-refractivity contribution is 0.282. The van der Waals surface area contributed by atoms with Crippen LogP contribution in [-0.4, -0.2) is 17.2 Å². The summed E-state index contributed by atoms with van der Waals surface area (Å²) in [6.07, 6.45) is 4.53. The lowest BCUT2D eigenvalue weighted by Gasteiger charge is -2.28. The van der Waals surface area contributed by atoms with E-state index in [4.69, 9.17) is 5.73 Å². The van der Waals surface area contributed by atoms with Crippen LogP contribution >= 0.6 is 0 Å². The summed E-state index contributed by atoms with van der Waals surface area (Å²) >= 11 is 0. The molecule has 0 aliphatic heterocycles. The van der Waals surface area contributed by atoms with E-state index in [0.29, 0.717) is 12.1 Å². The third-order valence-corrected chi connectivity index (χ3v) is 3.26. The zero-order valence-electron chi connectivity index (χ0n) is 9.52. The van der Waals surface area contributed by atoms with Gasteiger partial charge in [0.15, 0.2) is 0 Å². The van der Waals surface area contributed by atoms with Gasteiger partial charge < -0.3 is 16.2 Å². The van der Waals surface area contributed by atoms with Crippen LogP contribution in [0.15, 0.2) is 24.3 Å². The summed E-state index contributed by atoms with van der Waals surface area (Å²) in [5.74, 6) is 0. The number of anilines is 1. The van der Waals surface area contributed by atoms with Crippen molar-refractivity contribution >= 4 is 5.69 Å². The van der Waals surface area contributed by atoms with Crippen molar-refractivity contribution in [1.82, 2.24) is 0 Å². The molecule has 1 saturated carbocycles. The Morgan fingerprint density at radius 2 is 2.12 bits per heavy atom. The van der Waals surface area contributed by atoms with Gasteiger partial charge >= 0.3 is 0 Å². The number of aliphatic hydroxyl groups excluding tert-OH is 1. The standard InChI is InChI=1S/C13H20N2O/c14-11-5-3-6-12(8-11)15-13-7-2-1-4-10(13)9-16/h1-2,4,7,11-12,15-16H,3,5-6,8-9,14H2. The molecule has 2 atom stereocenters. The Morgan fingerprint density at radius 3 is 2.88 bits per heavy atom. The molecule has 0 bridgehead atoms. The highest BCUT2D eigenvalue weighted by molar-refractivity contribution is 5.51. The highest BCUT2D eigenvalue weighted by atomic mass is 16.3. The van der Waals surface area contributed by atoms with E-state index in [1.54, 1.807) is 0 Å². The minimum absolute atomic E-state index is 0.0853. The number of rotatable bonds is 3. The monoisotopic (exact) mass is 220 g/mol. The quantitative estimate of drug-likeness (QED) is 0.728. The van der Waals surface area contributed by atoms with Crippen molar-refractivity contribution in [2.24, 2.45) is 5.73 Å². The Morgan fingerprint density at radius 1 is 1.31 bits per heavy atom. The second kappa shape index (κ2) is 5.32. The van der Waals surface area contributed by atoms with Crippen LogP contribution in [0.25, 0.3) is 0 Å². The smallest absolute Gasteiger partial charge is 0.0701 e. The molecule has 88 valence electrons. The van der Waals surface area contributed by atoms with Crippen molar-refractivity contribution in [2.75, 3.05) is 5.32 Å². The van der Waals surface area contributed by atoms with E-state index >= 15 is 0 Å². The van der Waals surface area contributed by atoms with Crippen LogP contribution in [0.2, 0.25) is 0 Å². The van der Waals surface area contributed by atoms with E-state index in [1.165, 1.54) is 12.8 Å². The number of para-hydroxylation sites is 1. The highest BCUT2D eigenvalue weighted by Crippen LogP contribution is 2.23. The predicted molar refractivity (Wildman–Crippen MR) is 66.2 cm³/mol. The van der Waals surface area contributed by atoms with Gasteiger partial charge in [-0.15, -0.1) is 0 Å². The SMILES string of the molecule is NC1CCCC(Nc2ccccc2CO)C1. The van der Waals surface area contributed by atoms with Crippen molar-refractivity contribution in [3.63, 3.8) is 0 Å². The van der Waals surface area contributed by atoms with Crippen molar-refractivity contribution in [2.45, 2.75) is 44.4 Å². The molecule has 2 rings (SSSR count). The average molecular weight is 220 g/mol. The first-order valence-electron chi connectivity index (χ1n) is 6.00. The molecule has 1 fully saturated rings. The van der Waals surface area contributed by atoms with Gasteiger partial charge in [-0.2, -0.15) is 0 Å². The molecule has 1 aromatic carbocycles. The van der Waals surface area contributed by atoms with Crippen LogP contribution in [0.1, 0.15) is 31.2 Å². The predicted octanol–water partition coefficient (Wildman–Crippen LogP) is 1.86. The second-order valence-corrected chi connectivity index (χ2v) is 4.58. The minimum Gasteiger partial charge on any atom is -0.392 e. The molecule has 1 aromatic rings. The number of nitrogens with two attached hydrogens (primary N) is 1. The Balaban J connectivity index is 2.02. The maximum atomic E-state index is 9.24. The van der Waals surface area contributed by atoms with Crippen molar-refractivity contribution in [1.29, 1.82) is 0 Å². The molecule has 1 aliphatic rings. The summed E-state index contributed by atoms with van der Waals surface area (Å²) in [5, 5.41) is 12.7. The van der Waals surface area contributed by atoms with Crippen LogP contribution in [0.4, 0.5) is 5.69 Å². The van der Waals surface area contributed by atoms with Gasteiger partial charge in [0.05, 0.1) is 6.61 Å². The molecule has 16 heavy (non-hydrogen) atoms. The maximum absolute atomic E-state index is 9.24. The van der Waals surface area contributed by atoms with E-state index in [2.05, 4.69) is 5.32 Å². The molecule has 4 N–H and O–H groups in total. The molecule has 0 radical (unpaired) electrons. The van der Waals surface area contributed by atoms with Crippen LogP contribution in [0, 0.1) is 0 Å². The third kappa shape index (κ3) is 2.74. The maximum Gasteiger partial charge on any atom is 0.0701 e. The first-order chi connectivity index (χ1) is 7.79. The number of nitrogens with one attached hydrogen (secondary N) is 1.